The predicted octanol–water partition coefficient (Wildman–Crippen LogP) is 3.68. The Morgan fingerprint density at radius 3 is 2.67 bits per heavy atom. The van der Waals surface area contributed by atoms with Gasteiger partial charge in [-0.25, -0.2) is 4.39 Å². The topological polar surface area (TPSA) is 62.3 Å². The van der Waals surface area contributed by atoms with E-state index >= 15 is 0 Å². The minimum atomic E-state index is -0.457. The van der Waals surface area contributed by atoms with Crippen molar-refractivity contribution < 1.29 is 14.0 Å². The van der Waals surface area contributed by atoms with Gasteiger partial charge in [-0.1, -0.05) is 6.07 Å². The van der Waals surface area contributed by atoms with Gasteiger partial charge in [-0.2, -0.15) is 0 Å². The third-order valence-corrected chi connectivity index (χ3v) is 4.47. The van der Waals surface area contributed by atoms with E-state index in [2.05, 4.69) is 10.3 Å². The van der Waals surface area contributed by atoms with Crippen LogP contribution in [0.2, 0.25) is 0 Å². The molecule has 0 atom stereocenters. The fraction of sp³-hybridized carbons (Fsp3) is 0.0952. The Balaban J connectivity index is 1.53. The number of carbonyl (C=O) groups is 2. The molecule has 1 aliphatic rings. The van der Waals surface area contributed by atoms with Gasteiger partial charge < -0.3 is 10.2 Å². The summed E-state index contributed by atoms with van der Waals surface area (Å²) < 4.78 is 13.3. The zero-order valence-electron chi connectivity index (χ0n) is 14.4. The Morgan fingerprint density at radius 1 is 1.04 bits per heavy atom. The van der Waals surface area contributed by atoms with Crippen LogP contribution in [-0.2, 0) is 6.42 Å². The monoisotopic (exact) mass is 361 g/mol. The van der Waals surface area contributed by atoms with Crippen molar-refractivity contribution in [2.45, 2.75) is 6.42 Å². The number of nitrogens with zero attached hydrogens (tertiary/aromatic N) is 2. The fourth-order valence-electron chi connectivity index (χ4n) is 3.17. The third-order valence-electron chi connectivity index (χ3n) is 4.47. The normalized spacial score (nSPS) is 12.6. The molecule has 4 rings (SSSR count). The van der Waals surface area contributed by atoms with E-state index in [1.807, 2.05) is 12.1 Å². The molecule has 3 aromatic rings. The van der Waals surface area contributed by atoms with Crippen LogP contribution >= 0.6 is 0 Å². The molecule has 1 aliphatic heterocycles. The summed E-state index contributed by atoms with van der Waals surface area (Å²) in [5, 5.41) is 2.77. The molecule has 2 aromatic carbocycles. The number of hydrogen-bond acceptors (Lipinski definition) is 3. The molecule has 0 radical (unpaired) electrons. The lowest BCUT2D eigenvalue weighted by molar-refractivity contribution is 0.0987. The number of anilines is 2. The van der Waals surface area contributed by atoms with Crippen molar-refractivity contribution in [3.63, 3.8) is 0 Å². The Hall–Kier alpha value is -3.54. The van der Waals surface area contributed by atoms with E-state index in [0.29, 0.717) is 24.2 Å². The number of amides is 2. The van der Waals surface area contributed by atoms with E-state index in [9.17, 15) is 14.0 Å². The standard InChI is InChI=1S/C21H16FN3O2/c22-17-5-1-3-15(11-17)20(26)24-18-6-7-19-14(12-18)8-10-25(19)21(27)16-4-2-9-23-13-16/h1-7,9,11-13H,8,10H2,(H,24,26). The number of hydrogen-bond donors (Lipinski definition) is 1. The van der Waals surface area contributed by atoms with E-state index in [0.717, 1.165) is 11.3 Å². The number of benzene rings is 2. The van der Waals surface area contributed by atoms with Gasteiger partial charge in [0.15, 0.2) is 0 Å². The molecule has 134 valence electrons. The van der Waals surface area contributed by atoms with Crippen LogP contribution in [0.3, 0.4) is 0 Å². The summed E-state index contributed by atoms with van der Waals surface area (Å²) in [5.41, 5.74) is 3.20. The second-order valence-electron chi connectivity index (χ2n) is 6.26. The Morgan fingerprint density at radius 2 is 1.89 bits per heavy atom. The Labute approximate surface area is 155 Å². The molecule has 0 aliphatic carbocycles. The quantitative estimate of drug-likeness (QED) is 0.774. The summed E-state index contributed by atoms with van der Waals surface area (Å²) in [5.74, 6) is -0.935. The number of fused-ring (bicyclic) bond motifs is 1. The van der Waals surface area contributed by atoms with Crippen molar-refractivity contribution in [3.8, 4) is 0 Å². The maximum Gasteiger partial charge on any atom is 0.259 e. The van der Waals surface area contributed by atoms with Crippen LogP contribution in [0.4, 0.5) is 15.8 Å². The van der Waals surface area contributed by atoms with Gasteiger partial charge in [0.05, 0.1) is 5.56 Å². The molecule has 0 bridgehead atoms. The Kier molecular flexibility index (Phi) is 4.38. The molecule has 27 heavy (non-hydrogen) atoms. The average molecular weight is 361 g/mol. The van der Waals surface area contributed by atoms with Gasteiger partial charge >= 0.3 is 0 Å². The van der Waals surface area contributed by atoms with Crippen LogP contribution in [-0.4, -0.2) is 23.3 Å². The van der Waals surface area contributed by atoms with Crippen LogP contribution in [0.1, 0.15) is 26.3 Å². The zero-order valence-corrected chi connectivity index (χ0v) is 14.4. The number of halogens is 1. The van der Waals surface area contributed by atoms with E-state index in [1.54, 1.807) is 41.6 Å². The number of aromatic nitrogens is 1. The average Bonchev–Trinajstić information content (AvgIpc) is 3.11. The molecule has 0 fully saturated rings. The second kappa shape index (κ2) is 6.99. The molecule has 0 spiro atoms. The molecule has 0 saturated heterocycles. The van der Waals surface area contributed by atoms with Crippen molar-refractivity contribution in [1.82, 2.24) is 4.98 Å². The smallest absolute Gasteiger partial charge is 0.259 e. The first-order valence-electron chi connectivity index (χ1n) is 8.53. The zero-order chi connectivity index (χ0) is 18.8. The minimum absolute atomic E-state index is 0.0987. The van der Waals surface area contributed by atoms with Gasteiger partial charge in [0, 0.05) is 35.9 Å². The van der Waals surface area contributed by atoms with Crippen molar-refractivity contribution in [3.05, 3.63) is 89.5 Å². The predicted molar refractivity (Wildman–Crippen MR) is 100 cm³/mol. The molecule has 6 heteroatoms. The molecule has 1 aromatic heterocycles. The van der Waals surface area contributed by atoms with Crippen molar-refractivity contribution in [2.24, 2.45) is 0 Å². The maximum atomic E-state index is 13.3. The Bertz CT molecular complexity index is 1020. The van der Waals surface area contributed by atoms with E-state index in [4.69, 9.17) is 0 Å². The summed E-state index contributed by atoms with van der Waals surface area (Å²) in [6.07, 6.45) is 3.88. The van der Waals surface area contributed by atoms with Crippen LogP contribution in [0, 0.1) is 5.82 Å². The first-order valence-corrected chi connectivity index (χ1v) is 8.53. The van der Waals surface area contributed by atoms with E-state index in [-0.39, 0.29) is 17.4 Å². The lowest BCUT2D eigenvalue weighted by Crippen LogP contribution is -2.28. The van der Waals surface area contributed by atoms with Crippen LogP contribution in [0.25, 0.3) is 0 Å². The molecule has 2 heterocycles. The van der Waals surface area contributed by atoms with Gasteiger partial charge in [-0.05, 0) is 60.5 Å². The van der Waals surface area contributed by atoms with Crippen LogP contribution in [0.15, 0.2) is 67.0 Å². The lowest BCUT2D eigenvalue weighted by Gasteiger charge is -2.17. The SMILES string of the molecule is O=C(Nc1ccc2c(c1)CCN2C(=O)c1cccnc1)c1cccc(F)c1. The molecule has 0 saturated carbocycles. The van der Waals surface area contributed by atoms with E-state index in [1.165, 1.54) is 18.2 Å². The second-order valence-corrected chi connectivity index (χ2v) is 6.26. The summed E-state index contributed by atoms with van der Waals surface area (Å²) >= 11 is 0. The summed E-state index contributed by atoms with van der Waals surface area (Å²) in [4.78, 5) is 30.7. The van der Waals surface area contributed by atoms with Crippen LogP contribution in [0.5, 0.6) is 0 Å². The molecule has 1 N–H and O–H groups in total. The fourth-order valence-corrected chi connectivity index (χ4v) is 3.17. The summed E-state index contributed by atoms with van der Waals surface area (Å²) in [6.45, 7) is 0.574. The molecular weight excluding hydrogens is 345 g/mol. The first kappa shape index (κ1) is 16.9. The molecule has 2 amide bonds. The van der Waals surface area contributed by atoms with Crippen molar-refractivity contribution in [1.29, 1.82) is 0 Å². The number of carbonyl (C=O) groups excluding carboxylic acids is 2. The molecule has 0 unspecified atom stereocenters. The van der Waals surface area contributed by atoms with Crippen molar-refractivity contribution >= 4 is 23.2 Å². The van der Waals surface area contributed by atoms with Gasteiger partial charge in [-0.15, -0.1) is 0 Å². The number of rotatable bonds is 3. The highest BCUT2D eigenvalue weighted by atomic mass is 19.1. The summed E-state index contributed by atoms with van der Waals surface area (Å²) in [7, 11) is 0. The highest BCUT2D eigenvalue weighted by molar-refractivity contribution is 6.08. The molecule has 5 nitrogen and oxygen atoms in total. The number of pyridine rings is 1. The molecular formula is C21H16FN3O2. The maximum absolute atomic E-state index is 13.3. The first-order chi connectivity index (χ1) is 13.1. The highest BCUT2D eigenvalue weighted by Crippen LogP contribution is 2.31. The van der Waals surface area contributed by atoms with E-state index < -0.39 is 5.82 Å². The minimum Gasteiger partial charge on any atom is -0.322 e. The summed E-state index contributed by atoms with van der Waals surface area (Å²) in [6, 6.07) is 14.4. The van der Waals surface area contributed by atoms with Gasteiger partial charge in [-0.3, -0.25) is 14.6 Å². The number of nitrogens with one attached hydrogen (secondary N) is 1. The third kappa shape index (κ3) is 3.42. The van der Waals surface area contributed by atoms with Gasteiger partial charge in [0.1, 0.15) is 5.82 Å². The highest BCUT2D eigenvalue weighted by Gasteiger charge is 2.26. The van der Waals surface area contributed by atoms with Gasteiger partial charge in [0.25, 0.3) is 11.8 Å². The van der Waals surface area contributed by atoms with Crippen LogP contribution < -0.4 is 10.2 Å². The largest absolute Gasteiger partial charge is 0.322 e. The van der Waals surface area contributed by atoms with Crippen molar-refractivity contribution in [2.75, 3.05) is 16.8 Å². The van der Waals surface area contributed by atoms with Gasteiger partial charge in [0.2, 0.25) is 0 Å². The lowest BCUT2D eigenvalue weighted by atomic mass is 10.1.